The third-order valence-electron chi connectivity index (χ3n) is 4.08. The van der Waals surface area contributed by atoms with Crippen molar-refractivity contribution < 1.29 is 14.7 Å². The lowest BCUT2D eigenvalue weighted by Gasteiger charge is -2.27. The highest BCUT2D eigenvalue weighted by Gasteiger charge is 2.44. The SMILES string of the molecule is NCC1(C(=O)NC(C(=O)O)C2CC2)CCCC1. The van der Waals surface area contributed by atoms with Gasteiger partial charge in [-0.05, 0) is 31.6 Å². The molecule has 0 aromatic heterocycles. The van der Waals surface area contributed by atoms with E-state index < -0.39 is 17.4 Å². The van der Waals surface area contributed by atoms with Crippen molar-refractivity contribution in [1.82, 2.24) is 5.32 Å². The zero-order valence-electron chi connectivity index (χ0n) is 9.95. The van der Waals surface area contributed by atoms with Crippen LogP contribution in [0.4, 0.5) is 0 Å². The Morgan fingerprint density at radius 3 is 2.35 bits per heavy atom. The molecule has 2 aliphatic carbocycles. The van der Waals surface area contributed by atoms with Crippen LogP contribution in [0.15, 0.2) is 0 Å². The Morgan fingerprint density at radius 1 is 1.35 bits per heavy atom. The number of rotatable bonds is 5. The Morgan fingerprint density at radius 2 is 1.94 bits per heavy atom. The number of hydrogen-bond donors (Lipinski definition) is 3. The highest BCUT2D eigenvalue weighted by Crippen LogP contribution is 2.38. The molecule has 2 saturated carbocycles. The number of nitrogens with two attached hydrogens (primary N) is 1. The molecule has 2 aliphatic rings. The Balaban J connectivity index is 2.01. The second-order valence-electron chi connectivity index (χ2n) is 5.32. The van der Waals surface area contributed by atoms with E-state index >= 15 is 0 Å². The first-order valence-electron chi connectivity index (χ1n) is 6.33. The first-order valence-corrected chi connectivity index (χ1v) is 6.33. The lowest BCUT2D eigenvalue weighted by atomic mass is 9.85. The van der Waals surface area contributed by atoms with Gasteiger partial charge < -0.3 is 16.2 Å². The van der Waals surface area contributed by atoms with E-state index in [4.69, 9.17) is 10.8 Å². The molecular weight excluding hydrogens is 220 g/mol. The van der Waals surface area contributed by atoms with Crippen molar-refractivity contribution in [2.45, 2.75) is 44.6 Å². The average Bonchev–Trinajstić information content (AvgIpc) is 3.02. The van der Waals surface area contributed by atoms with E-state index in [1.54, 1.807) is 0 Å². The van der Waals surface area contributed by atoms with Gasteiger partial charge in [0.1, 0.15) is 6.04 Å². The lowest BCUT2D eigenvalue weighted by molar-refractivity contribution is -0.144. The molecule has 2 rings (SSSR count). The van der Waals surface area contributed by atoms with Gasteiger partial charge >= 0.3 is 5.97 Å². The zero-order valence-corrected chi connectivity index (χ0v) is 9.95. The zero-order chi connectivity index (χ0) is 12.5. The van der Waals surface area contributed by atoms with Crippen LogP contribution in [-0.2, 0) is 9.59 Å². The van der Waals surface area contributed by atoms with Crippen molar-refractivity contribution in [3.8, 4) is 0 Å². The van der Waals surface area contributed by atoms with Gasteiger partial charge in [-0.25, -0.2) is 4.79 Å². The predicted octanol–water partition coefficient (Wildman–Crippen LogP) is 0.485. The summed E-state index contributed by atoms with van der Waals surface area (Å²) >= 11 is 0. The maximum absolute atomic E-state index is 12.2. The minimum absolute atomic E-state index is 0.118. The molecule has 17 heavy (non-hydrogen) atoms. The van der Waals surface area contributed by atoms with E-state index in [0.29, 0.717) is 6.54 Å². The van der Waals surface area contributed by atoms with Crippen molar-refractivity contribution in [2.24, 2.45) is 17.1 Å². The maximum atomic E-state index is 12.2. The number of nitrogens with one attached hydrogen (secondary N) is 1. The highest BCUT2D eigenvalue weighted by atomic mass is 16.4. The van der Waals surface area contributed by atoms with E-state index in [1.807, 2.05) is 0 Å². The van der Waals surface area contributed by atoms with Gasteiger partial charge in [-0.1, -0.05) is 12.8 Å². The summed E-state index contributed by atoms with van der Waals surface area (Å²) in [5.74, 6) is -0.963. The predicted molar refractivity (Wildman–Crippen MR) is 62.2 cm³/mol. The van der Waals surface area contributed by atoms with E-state index in [2.05, 4.69) is 5.32 Å². The van der Waals surface area contributed by atoms with Crippen LogP contribution in [-0.4, -0.2) is 29.6 Å². The standard InChI is InChI=1S/C12H20N2O3/c13-7-12(5-1-2-6-12)11(17)14-9(10(15)16)8-3-4-8/h8-9H,1-7,13H2,(H,14,17)(H,15,16). The van der Waals surface area contributed by atoms with Gasteiger partial charge in [-0.3, -0.25) is 4.79 Å². The molecule has 5 heteroatoms. The molecular formula is C12H20N2O3. The molecule has 0 heterocycles. The molecule has 0 bridgehead atoms. The van der Waals surface area contributed by atoms with Gasteiger partial charge in [0, 0.05) is 6.54 Å². The van der Waals surface area contributed by atoms with Crippen molar-refractivity contribution in [1.29, 1.82) is 0 Å². The molecule has 0 saturated heterocycles. The Kier molecular flexibility index (Phi) is 3.38. The summed E-state index contributed by atoms with van der Waals surface area (Å²) in [4.78, 5) is 23.3. The topological polar surface area (TPSA) is 92.4 Å². The van der Waals surface area contributed by atoms with Crippen LogP contribution in [0, 0.1) is 11.3 Å². The Hall–Kier alpha value is -1.10. The van der Waals surface area contributed by atoms with Crippen LogP contribution in [0.1, 0.15) is 38.5 Å². The van der Waals surface area contributed by atoms with Gasteiger partial charge in [-0.2, -0.15) is 0 Å². The molecule has 1 amide bonds. The Bertz CT molecular complexity index is 320. The monoisotopic (exact) mass is 240 g/mol. The molecule has 0 spiro atoms. The van der Waals surface area contributed by atoms with Crippen molar-refractivity contribution in [3.05, 3.63) is 0 Å². The second kappa shape index (κ2) is 4.64. The van der Waals surface area contributed by atoms with Crippen LogP contribution in [0.2, 0.25) is 0 Å². The van der Waals surface area contributed by atoms with Crippen LogP contribution in [0.25, 0.3) is 0 Å². The minimum atomic E-state index is -0.925. The summed E-state index contributed by atoms with van der Waals surface area (Å²) in [6.07, 6.45) is 5.37. The smallest absolute Gasteiger partial charge is 0.326 e. The number of carbonyl (C=O) groups is 2. The summed E-state index contributed by atoms with van der Waals surface area (Å²) in [7, 11) is 0. The first-order chi connectivity index (χ1) is 8.09. The van der Waals surface area contributed by atoms with Crippen LogP contribution in [0.3, 0.4) is 0 Å². The second-order valence-corrected chi connectivity index (χ2v) is 5.32. The molecule has 0 aliphatic heterocycles. The molecule has 96 valence electrons. The van der Waals surface area contributed by atoms with Gasteiger partial charge in [0.2, 0.25) is 5.91 Å². The van der Waals surface area contributed by atoms with Gasteiger partial charge in [-0.15, -0.1) is 0 Å². The van der Waals surface area contributed by atoms with E-state index in [-0.39, 0.29) is 11.8 Å². The summed E-state index contributed by atoms with van der Waals surface area (Å²) in [6.45, 7) is 0.315. The number of carboxylic acids is 1. The van der Waals surface area contributed by atoms with E-state index in [9.17, 15) is 9.59 Å². The number of carboxylic acid groups (broad SMARTS) is 1. The number of hydrogen-bond acceptors (Lipinski definition) is 3. The third kappa shape index (κ3) is 2.44. The van der Waals surface area contributed by atoms with Gasteiger partial charge in [0.05, 0.1) is 5.41 Å². The van der Waals surface area contributed by atoms with Gasteiger partial charge in [0.25, 0.3) is 0 Å². The van der Waals surface area contributed by atoms with Crippen LogP contribution in [0.5, 0.6) is 0 Å². The molecule has 0 radical (unpaired) electrons. The fourth-order valence-electron chi connectivity index (χ4n) is 2.68. The largest absolute Gasteiger partial charge is 0.480 e. The maximum Gasteiger partial charge on any atom is 0.326 e. The normalized spacial score (nSPS) is 24.3. The average molecular weight is 240 g/mol. The minimum Gasteiger partial charge on any atom is -0.480 e. The van der Waals surface area contributed by atoms with Crippen molar-refractivity contribution in [2.75, 3.05) is 6.54 Å². The molecule has 0 aromatic carbocycles. The van der Waals surface area contributed by atoms with E-state index in [0.717, 1.165) is 38.5 Å². The summed E-state index contributed by atoms with van der Waals surface area (Å²) in [5.41, 5.74) is 5.19. The van der Waals surface area contributed by atoms with Crippen molar-refractivity contribution >= 4 is 11.9 Å². The quantitative estimate of drug-likeness (QED) is 0.652. The number of carbonyl (C=O) groups excluding carboxylic acids is 1. The van der Waals surface area contributed by atoms with E-state index in [1.165, 1.54) is 0 Å². The number of amides is 1. The van der Waals surface area contributed by atoms with Crippen LogP contribution >= 0.6 is 0 Å². The molecule has 4 N–H and O–H groups in total. The Labute approximate surface area is 101 Å². The number of aliphatic carboxylic acids is 1. The van der Waals surface area contributed by atoms with Crippen LogP contribution < -0.4 is 11.1 Å². The lowest BCUT2D eigenvalue weighted by Crippen LogP contribution is -2.51. The summed E-state index contributed by atoms with van der Waals surface area (Å²) in [5, 5.41) is 11.8. The third-order valence-corrected chi connectivity index (χ3v) is 4.08. The fourth-order valence-corrected chi connectivity index (χ4v) is 2.68. The fraction of sp³-hybridized carbons (Fsp3) is 0.833. The molecule has 5 nitrogen and oxygen atoms in total. The molecule has 2 fully saturated rings. The van der Waals surface area contributed by atoms with Gasteiger partial charge in [0.15, 0.2) is 0 Å². The van der Waals surface area contributed by atoms with Crippen molar-refractivity contribution in [3.63, 3.8) is 0 Å². The molecule has 1 atom stereocenters. The molecule has 0 aromatic rings. The first kappa shape index (κ1) is 12.4. The highest BCUT2D eigenvalue weighted by molar-refractivity contribution is 5.88. The molecule has 1 unspecified atom stereocenters. The summed E-state index contributed by atoms with van der Waals surface area (Å²) in [6, 6.07) is -0.716. The summed E-state index contributed by atoms with van der Waals surface area (Å²) < 4.78 is 0.